The Hall–Kier alpha value is -2.60. The molecule has 2 aromatic rings. The third kappa shape index (κ3) is 3.78. The van der Waals surface area contributed by atoms with Gasteiger partial charge in [-0.25, -0.2) is 4.98 Å². The van der Waals surface area contributed by atoms with Gasteiger partial charge in [0.25, 0.3) is 0 Å². The van der Waals surface area contributed by atoms with Gasteiger partial charge in [-0.3, -0.25) is 4.79 Å². The molecular weight excluding hydrogens is 294 g/mol. The number of aromatic nitrogens is 1. The van der Waals surface area contributed by atoms with Crippen molar-refractivity contribution in [3.63, 3.8) is 0 Å². The van der Waals surface area contributed by atoms with Crippen LogP contribution in [0.1, 0.15) is 5.56 Å². The Bertz CT molecular complexity index is 686. The molecule has 3 rings (SSSR count). The quantitative estimate of drug-likeness (QED) is 0.849. The van der Waals surface area contributed by atoms with Crippen molar-refractivity contribution in [2.75, 3.05) is 20.2 Å². The Morgan fingerprint density at radius 3 is 2.87 bits per heavy atom. The molecule has 23 heavy (non-hydrogen) atoms. The molecule has 0 radical (unpaired) electrons. The number of hydrogen-bond donors (Lipinski definition) is 2. The van der Waals surface area contributed by atoms with Crippen molar-refractivity contribution in [2.45, 2.75) is 6.54 Å². The van der Waals surface area contributed by atoms with Crippen LogP contribution in [0.15, 0.2) is 42.6 Å². The van der Waals surface area contributed by atoms with Crippen molar-refractivity contribution in [2.24, 2.45) is 5.92 Å². The minimum atomic E-state index is 0.0555. The van der Waals surface area contributed by atoms with Crippen LogP contribution in [0.4, 0.5) is 0 Å². The minimum Gasteiger partial charge on any atom is -0.497 e. The summed E-state index contributed by atoms with van der Waals surface area (Å²) in [6.07, 6.45) is 1.66. The first kappa shape index (κ1) is 15.3. The van der Waals surface area contributed by atoms with E-state index in [1.54, 1.807) is 19.4 Å². The molecule has 1 amide bonds. The van der Waals surface area contributed by atoms with Crippen LogP contribution in [0.5, 0.6) is 17.4 Å². The van der Waals surface area contributed by atoms with E-state index in [1.807, 2.05) is 30.3 Å². The highest BCUT2D eigenvalue weighted by Gasteiger charge is 2.24. The number of pyridine rings is 1. The highest BCUT2D eigenvalue weighted by molar-refractivity contribution is 5.80. The average molecular weight is 313 g/mol. The Kier molecular flexibility index (Phi) is 4.73. The van der Waals surface area contributed by atoms with Gasteiger partial charge in [-0.2, -0.15) is 0 Å². The summed E-state index contributed by atoms with van der Waals surface area (Å²) >= 11 is 0. The van der Waals surface area contributed by atoms with Gasteiger partial charge < -0.3 is 20.1 Å². The fourth-order valence-corrected chi connectivity index (χ4v) is 2.23. The summed E-state index contributed by atoms with van der Waals surface area (Å²) in [5.74, 6) is 1.95. The van der Waals surface area contributed by atoms with Gasteiger partial charge in [0.2, 0.25) is 11.8 Å². The van der Waals surface area contributed by atoms with Crippen molar-refractivity contribution >= 4 is 5.91 Å². The van der Waals surface area contributed by atoms with Crippen LogP contribution in [0.25, 0.3) is 0 Å². The van der Waals surface area contributed by atoms with E-state index in [4.69, 9.17) is 9.47 Å². The van der Waals surface area contributed by atoms with Gasteiger partial charge in [0.1, 0.15) is 11.5 Å². The highest BCUT2D eigenvalue weighted by Crippen LogP contribution is 2.26. The van der Waals surface area contributed by atoms with E-state index in [1.165, 1.54) is 0 Å². The van der Waals surface area contributed by atoms with Crippen LogP contribution in [-0.4, -0.2) is 31.1 Å². The van der Waals surface area contributed by atoms with Gasteiger partial charge >= 0.3 is 0 Å². The molecule has 1 aliphatic rings. The molecule has 0 aliphatic carbocycles. The molecule has 0 spiro atoms. The smallest absolute Gasteiger partial charge is 0.225 e. The van der Waals surface area contributed by atoms with E-state index in [9.17, 15) is 4.79 Å². The van der Waals surface area contributed by atoms with E-state index in [2.05, 4.69) is 15.6 Å². The number of carbonyl (C=O) groups excluding carboxylic acids is 1. The number of rotatable bonds is 6. The molecule has 2 N–H and O–H groups in total. The molecule has 1 aliphatic heterocycles. The van der Waals surface area contributed by atoms with E-state index in [-0.39, 0.29) is 11.8 Å². The Morgan fingerprint density at radius 1 is 1.30 bits per heavy atom. The SMILES string of the molecule is COc1cccc(Oc2ncccc2CNC(=O)C2CNC2)c1. The lowest BCUT2D eigenvalue weighted by atomic mass is 10.0. The van der Waals surface area contributed by atoms with Gasteiger partial charge in [-0.1, -0.05) is 12.1 Å². The third-order valence-corrected chi connectivity index (χ3v) is 3.71. The monoisotopic (exact) mass is 313 g/mol. The average Bonchev–Trinajstić information content (AvgIpc) is 2.52. The molecule has 0 atom stereocenters. The number of hydrogen-bond acceptors (Lipinski definition) is 5. The second-order valence-electron chi connectivity index (χ2n) is 5.32. The molecule has 0 unspecified atom stereocenters. The van der Waals surface area contributed by atoms with Crippen LogP contribution >= 0.6 is 0 Å². The molecular formula is C17H19N3O3. The molecule has 1 aromatic heterocycles. The maximum atomic E-state index is 11.9. The summed E-state index contributed by atoms with van der Waals surface area (Å²) in [5.41, 5.74) is 0.830. The second kappa shape index (κ2) is 7.11. The zero-order chi connectivity index (χ0) is 16.1. The Balaban J connectivity index is 1.68. The van der Waals surface area contributed by atoms with Gasteiger partial charge in [0, 0.05) is 37.5 Å². The van der Waals surface area contributed by atoms with Crippen LogP contribution in [0, 0.1) is 5.92 Å². The maximum Gasteiger partial charge on any atom is 0.225 e. The number of benzene rings is 1. The first-order valence-corrected chi connectivity index (χ1v) is 7.50. The molecule has 6 nitrogen and oxygen atoms in total. The van der Waals surface area contributed by atoms with Crippen molar-refractivity contribution in [1.29, 1.82) is 0 Å². The van der Waals surface area contributed by atoms with E-state index in [0.29, 0.717) is 23.9 Å². The van der Waals surface area contributed by atoms with E-state index in [0.717, 1.165) is 18.7 Å². The Morgan fingerprint density at radius 2 is 2.13 bits per heavy atom. The van der Waals surface area contributed by atoms with Crippen molar-refractivity contribution in [3.05, 3.63) is 48.2 Å². The summed E-state index contributed by atoms with van der Waals surface area (Å²) in [6.45, 7) is 1.88. The first-order chi connectivity index (χ1) is 11.3. The van der Waals surface area contributed by atoms with Crippen molar-refractivity contribution < 1.29 is 14.3 Å². The largest absolute Gasteiger partial charge is 0.497 e. The number of ether oxygens (including phenoxy) is 2. The summed E-state index contributed by atoms with van der Waals surface area (Å²) < 4.78 is 11.0. The van der Waals surface area contributed by atoms with Crippen LogP contribution in [-0.2, 0) is 11.3 Å². The minimum absolute atomic E-state index is 0.0555. The topological polar surface area (TPSA) is 72.5 Å². The predicted molar refractivity (Wildman–Crippen MR) is 85.5 cm³/mol. The number of carbonyl (C=O) groups is 1. The zero-order valence-electron chi connectivity index (χ0n) is 12.9. The number of methoxy groups -OCH3 is 1. The molecule has 1 aromatic carbocycles. The van der Waals surface area contributed by atoms with Gasteiger partial charge in [-0.15, -0.1) is 0 Å². The fraction of sp³-hybridized carbons (Fsp3) is 0.294. The number of nitrogens with zero attached hydrogens (tertiary/aromatic N) is 1. The molecule has 120 valence electrons. The molecule has 1 fully saturated rings. The van der Waals surface area contributed by atoms with Crippen LogP contribution in [0.3, 0.4) is 0 Å². The number of amides is 1. The fourth-order valence-electron chi connectivity index (χ4n) is 2.23. The summed E-state index contributed by atoms with van der Waals surface area (Å²) in [7, 11) is 1.61. The molecule has 0 saturated carbocycles. The molecule has 0 bridgehead atoms. The number of nitrogens with one attached hydrogen (secondary N) is 2. The second-order valence-corrected chi connectivity index (χ2v) is 5.32. The molecule has 6 heteroatoms. The summed E-state index contributed by atoms with van der Waals surface area (Å²) in [6, 6.07) is 11.0. The van der Waals surface area contributed by atoms with Gasteiger partial charge in [-0.05, 0) is 18.2 Å². The molecule has 1 saturated heterocycles. The van der Waals surface area contributed by atoms with Gasteiger partial charge in [0.05, 0.1) is 13.0 Å². The lowest BCUT2D eigenvalue weighted by molar-refractivity contribution is -0.126. The third-order valence-electron chi connectivity index (χ3n) is 3.71. The lowest BCUT2D eigenvalue weighted by Crippen LogP contribution is -2.50. The van der Waals surface area contributed by atoms with Crippen molar-refractivity contribution in [1.82, 2.24) is 15.6 Å². The normalized spacial score (nSPS) is 14.0. The zero-order valence-corrected chi connectivity index (χ0v) is 12.9. The van der Waals surface area contributed by atoms with Crippen molar-refractivity contribution in [3.8, 4) is 17.4 Å². The van der Waals surface area contributed by atoms with Crippen LogP contribution in [0.2, 0.25) is 0 Å². The Labute approximate surface area is 134 Å². The summed E-state index contributed by atoms with van der Waals surface area (Å²) in [5, 5.41) is 6.01. The van der Waals surface area contributed by atoms with E-state index < -0.39 is 0 Å². The maximum absolute atomic E-state index is 11.9. The highest BCUT2D eigenvalue weighted by atomic mass is 16.5. The first-order valence-electron chi connectivity index (χ1n) is 7.50. The molecule has 2 heterocycles. The standard InChI is InChI=1S/C17H19N3O3/c1-22-14-5-2-6-15(8-14)23-17-12(4-3-7-19-17)11-20-16(21)13-9-18-10-13/h2-8,13,18H,9-11H2,1H3,(H,20,21). The summed E-state index contributed by atoms with van der Waals surface area (Å²) in [4.78, 5) is 16.2. The van der Waals surface area contributed by atoms with Crippen LogP contribution < -0.4 is 20.1 Å². The predicted octanol–water partition coefficient (Wildman–Crippen LogP) is 1.72. The lowest BCUT2D eigenvalue weighted by Gasteiger charge is -2.25. The van der Waals surface area contributed by atoms with Gasteiger partial charge in [0.15, 0.2) is 0 Å². The van der Waals surface area contributed by atoms with E-state index >= 15 is 0 Å².